The van der Waals surface area contributed by atoms with E-state index >= 15 is 0 Å². The molecule has 0 amide bonds. The molecule has 1 aliphatic heterocycles. The van der Waals surface area contributed by atoms with Crippen molar-refractivity contribution in [3.8, 4) is 17.2 Å². The highest BCUT2D eigenvalue weighted by atomic mass is 79.9. The van der Waals surface area contributed by atoms with E-state index in [0.717, 1.165) is 0 Å². The average Bonchev–Trinajstić information content (AvgIpc) is 2.59. The number of fused-ring (bicyclic) bond motifs is 1. The number of aromatic hydroxyl groups is 1. The number of halogens is 1. The number of rotatable bonds is 3. The maximum Gasteiger partial charge on any atom is 0.312 e. The molecule has 1 aliphatic rings. The molecule has 0 bridgehead atoms. The van der Waals surface area contributed by atoms with Crippen molar-refractivity contribution in [2.45, 2.75) is 12.3 Å². The van der Waals surface area contributed by atoms with E-state index in [4.69, 9.17) is 15.2 Å². The van der Waals surface area contributed by atoms with Crippen molar-refractivity contribution >= 4 is 21.9 Å². The summed E-state index contributed by atoms with van der Waals surface area (Å²) in [6.07, 6.45) is 0.687. The van der Waals surface area contributed by atoms with Gasteiger partial charge in [-0.3, -0.25) is 4.79 Å². The highest BCUT2D eigenvalue weighted by Gasteiger charge is 2.30. The molecule has 1 aromatic carbocycles. The van der Waals surface area contributed by atoms with Gasteiger partial charge in [0.2, 0.25) is 0 Å². The predicted octanol–water partition coefficient (Wildman–Crippen LogP) is 1.44. The minimum absolute atomic E-state index is 0.144. The highest BCUT2D eigenvalue weighted by molar-refractivity contribution is 9.10. The first-order valence-corrected chi connectivity index (χ1v) is 6.59. The lowest BCUT2D eigenvalue weighted by Gasteiger charge is -2.19. The van der Waals surface area contributed by atoms with Gasteiger partial charge in [0.1, 0.15) is 11.7 Å². The standard InChI is InChI=1S/C12H14BrNO5/c13-7-4-8-11(19-3-1-2-18-8)9(10(7)15)6(5-14)12(16)17/h4,6,15H,1-3,5,14H2,(H,16,17). The Morgan fingerprint density at radius 1 is 1.47 bits per heavy atom. The van der Waals surface area contributed by atoms with Crippen molar-refractivity contribution in [2.75, 3.05) is 19.8 Å². The van der Waals surface area contributed by atoms with Gasteiger partial charge in [0, 0.05) is 19.0 Å². The molecular formula is C12H14BrNO5. The summed E-state index contributed by atoms with van der Waals surface area (Å²) in [7, 11) is 0. The summed E-state index contributed by atoms with van der Waals surface area (Å²) in [6, 6.07) is 1.56. The third kappa shape index (κ3) is 2.62. The van der Waals surface area contributed by atoms with Crippen molar-refractivity contribution < 1.29 is 24.5 Å². The Balaban J connectivity index is 2.62. The Kier molecular flexibility index (Phi) is 4.16. The van der Waals surface area contributed by atoms with Crippen molar-refractivity contribution in [1.29, 1.82) is 0 Å². The van der Waals surface area contributed by atoms with Gasteiger partial charge in [-0.1, -0.05) is 0 Å². The van der Waals surface area contributed by atoms with Crippen LogP contribution < -0.4 is 15.2 Å². The molecule has 2 rings (SSSR count). The molecule has 1 atom stereocenters. The third-order valence-electron chi connectivity index (χ3n) is 2.88. The van der Waals surface area contributed by atoms with Crippen molar-refractivity contribution in [1.82, 2.24) is 0 Å². The Hall–Kier alpha value is -1.47. The minimum atomic E-state index is -1.12. The normalized spacial score (nSPS) is 15.7. The molecule has 7 heteroatoms. The molecule has 0 saturated carbocycles. The lowest BCUT2D eigenvalue weighted by molar-refractivity contribution is -0.138. The Morgan fingerprint density at radius 2 is 2.16 bits per heavy atom. The van der Waals surface area contributed by atoms with Crippen LogP contribution in [0.15, 0.2) is 10.5 Å². The fourth-order valence-electron chi connectivity index (χ4n) is 1.95. The molecule has 6 nitrogen and oxygen atoms in total. The van der Waals surface area contributed by atoms with Crippen molar-refractivity contribution in [3.63, 3.8) is 0 Å². The lowest BCUT2D eigenvalue weighted by Crippen LogP contribution is -2.22. The maximum absolute atomic E-state index is 11.3. The van der Waals surface area contributed by atoms with E-state index in [2.05, 4.69) is 15.9 Å². The van der Waals surface area contributed by atoms with Crippen LogP contribution in [0.25, 0.3) is 0 Å². The van der Waals surface area contributed by atoms with E-state index in [9.17, 15) is 15.0 Å². The van der Waals surface area contributed by atoms with Gasteiger partial charge in [0.15, 0.2) is 11.5 Å². The van der Waals surface area contributed by atoms with Gasteiger partial charge in [-0.2, -0.15) is 0 Å². The first kappa shape index (κ1) is 14.0. The van der Waals surface area contributed by atoms with Gasteiger partial charge in [-0.05, 0) is 15.9 Å². The number of carboxylic acids is 1. The Morgan fingerprint density at radius 3 is 2.79 bits per heavy atom. The fraction of sp³-hybridized carbons (Fsp3) is 0.417. The van der Waals surface area contributed by atoms with E-state index in [1.54, 1.807) is 6.07 Å². The number of hydrogen-bond acceptors (Lipinski definition) is 5. The topological polar surface area (TPSA) is 102 Å². The number of aliphatic carboxylic acids is 1. The summed E-state index contributed by atoms with van der Waals surface area (Å²) in [5.74, 6) is -1.67. The largest absolute Gasteiger partial charge is 0.506 e. The minimum Gasteiger partial charge on any atom is -0.506 e. The highest BCUT2D eigenvalue weighted by Crippen LogP contribution is 2.46. The van der Waals surface area contributed by atoms with E-state index < -0.39 is 11.9 Å². The van der Waals surface area contributed by atoms with Gasteiger partial charge < -0.3 is 25.4 Å². The molecule has 0 radical (unpaired) electrons. The van der Waals surface area contributed by atoms with E-state index in [-0.39, 0.29) is 23.6 Å². The summed E-state index contributed by atoms with van der Waals surface area (Å²) >= 11 is 3.18. The molecule has 19 heavy (non-hydrogen) atoms. The second kappa shape index (κ2) is 5.66. The van der Waals surface area contributed by atoms with Crippen LogP contribution in [0.2, 0.25) is 0 Å². The number of phenols is 1. The molecule has 4 N–H and O–H groups in total. The molecule has 0 fully saturated rings. The smallest absolute Gasteiger partial charge is 0.312 e. The second-order valence-electron chi connectivity index (χ2n) is 4.12. The monoisotopic (exact) mass is 331 g/mol. The number of nitrogens with two attached hydrogens (primary N) is 1. The first-order chi connectivity index (χ1) is 9.06. The summed E-state index contributed by atoms with van der Waals surface area (Å²) in [5.41, 5.74) is 5.65. The van der Waals surface area contributed by atoms with Crippen LogP contribution >= 0.6 is 15.9 Å². The Bertz CT molecular complexity index is 505. The number of phenolic OH excluding ortho intramolecular Hbond substituents is 1. The number of ether oxygens (including phenoxy) is 2. The number of hydrogen-bond donors (Lipinski definition) is 3. The zero-order chi connectivity index (χ0) is 14.0. The zero-order valence-electron chi connectivity index (χ0n) is 10.1. The van der Waals surface area contributed by atoms with Gasteiger partial charge in [-0.25, -0.2) is 0 Å². The molecule has 1 heterocycles. The van der Waals surface area contributed by atoms with E-state index in [1.807, 2.05) is 0 Å². The Labute approximate surface area is 118 Å². The summed E-state index contributed by atoms with van der Waals surface area (Å²) in [5, 5.41) is 19.3. The van der Waals surface area contributed by atoms with Gasteiger partial charge in [0.25, 0.3) is 0 Å². The van der Waals surface area contributed by atoms with Crippen LogP contribution in [-0.2, 0) is 4.79 Å². The fourth-order valence-corrected chi connectivity index (χ4v) is 2.38. The van der Waals surface area contributed by atoms with Gasteiger partial charge in [0.05, 0.1) is 23.2 Å². The van der Waals surface area contributed by atoms with Crippen molar-refractivity contribution in [2.24, 2.45) is 5.73 Å². The number of carbonyl (C=O) groups is 1. The van der Waals surface area contributed by atoms with Crippen LogP contribution in [0.4, 0.5) is 0 Å². The third-order valence-corrected chi connectivity index (χ3v) is 3.49. The molecule has 1 aromatic rings. The number of benzene rings is 1. The molecular weight excluding hydrogens is 318 g/mol. The van der Waals surface area contributed by atoms with Crippen LogP contribution in [0.5, 0.6) is 17.2 Å². The molecule has 0 aliphatic carbocycles. The van der Waals surface area contributed by atoms with Crippen LogP contribution in [0.3, 0.4) is 0 Å². The SMILES string of the molecule is NCC(C(=O)O)c1c(O)c(Br)cc2c1OCCCO2. The van der Waals surface area contributed by atoms with Gasteiger partial charge >= 0.3 is 5.97 Å². The number of carboxylic acid groups (broad SMARTS) is 1. The van der Waals surface area contributed by atoms with Crippen LogP contribution in [0.1, 0.15) is 17.9 Å². The quantitative estimate of drug-likeness (QED) is 0.774. The van der Waals surface area contributed by atoms with E-state index in [0.29, 0.717) is 29.9 Å². The summed E-state index contributed by atoms with van der Waals surface area (Å²) < 4.78 is 11.4. The molecule has 0 spiro atoms. The lowest BCUT2D eigenvalue weighted by atomic mass is 9.96. The van der Waals surface area contributed by atoms with Crippen molar-refractivity contribution in [3.05, 3.63) is 16.1 Å². The molecule has 0 aromatic heterocycles. The first-order valence-electron chi connectivity index (χ1n) is 5.80. The van der Waals surface area contributed by atoms with Gasteiger partial charge in [-0.15, -0.1) is 0 Å². The van der Waals surface area contributed by atoms with E-state index in [1.165, 1.54) is 0 Å². The molecule has 104 valence electrons. The summed E-state index contributed by atoms with van der Waals surface area (Å²) in [4.78, 5) is 11.3. The predicted molar refractivity (Wildman–Crippen MR) is 70.8 cm³/mol. The maximum atomic E-state index is 11.3. The van der Waals surface area contributed by atoms with Crippen LogP contribution in [-0.4, -0.2) is 35.9 Å². The molecule has 0 saturated heterocycles. The summed E-state index contributed by atoms with van der Waals surface area (Å²) in [6.45, 7) is 0.733. The average molecular weight is 332 g/mol. The second-order valence-corrected chi connectivity index (χ2v) is 4.98. The molecule has 1 unspecified atom stereocenters. The zero-order valence-corrected chi connectivity index (χ0v) is 11.6. The van der Waals surface area contributed by atoms with Crippen LogP contribution in [0, 0.1) is 0 Å².